The van der Waals surface area contributed by atoms with E-state index in [-0.39, 0.29) is 23.0 Å². The van der Waals surface area contributed by atoms with Crippen molar-refractivity contribution >= 4 is 22.8 Å². The molecule has 0 N–H and O–H groups in total. The first-order valence-electron chi connectivity index (χ1n) is 8.08. The van der Waals surface area contributed by atoms with Gasteiger partial charge in [-0.25, -0.2) is 4.68 Å². The highest BCUT2D eigenvalue weighted by molar-refractivity contribution is 8.13. The van der Waals surface area contributed by atoms with E-state index in [0.717, 1.165) is 11.3 Å². The van der Waals surface area contributed by atoms with Crippen molar-refractivity contribution in [2.75, 3.05) is 12.3 Å². The molecule has 1 aromatic carbocycles. The van der Waals surface area contributed by atoms with Crippen LogP contribution in [0.5, 0.6) is 0 Å². The number of amides is 1. The molecule has 5 nitrogen and oxygen atoms in total. The summed E-state index contributed by atoms with van der Waals surface area (Å²) in [5, 5.41) is 4.42. The number of hydrogen-bond donors (Lipinski definition) is 0. The summed E-state index contributed by atoms with van der Waals surface area (Å²) in [6.07, 6.45) is 4.18. The second kappa shape index (κ2) is 7.21. The van der Waals surface area contributed by atoms with Crippen LogP contribution in [0, 0.1) is 5.92 Å². The summed E-state index contributed by atoms with van der Waals surface area (Å²) < 4.78 is 1.83. The Bertz CT molecular complexity index is 730. The van der Waals surface area contributed by atoms with E-state index in [1.807, 2.05) is 46.1 Å². The van der Waals surface area contributed by atoms with Gasteiger partial charge in [0.05, 0.1) is 11.7 Å². The van der Waals surface area contributed by atoms with Gasteiger partial charge in [0, 0.05) is 43.6 Å². The van der Waals surface area contributed by atoms with Crippen molar-refractivity contribution < 1.29 is 9.59 Å². The molecule has 2 aromatic rings. The maximum absolute atomic E-state index is 12.5. The Balaban J connectivity index is 1.79. The number of hydrogen-bond acceptors (Lipinski definition) is 4. The quantitative estimate of drug-likeness (QED) is 0.837. The van der Waals surface area contributed by atoms with E-state index in [1.54, 1.807) is 13.1 Å². The first-order chi connectivity index (χ1) is 11.6. The SMILES string of the molecule is CC(=O)SCC1CC(=O)N(C(C)c2ccccc2-n2cccn2)C1. The lowest BCUT2D eigenvalue weighted by atomic mass is 10.0. The molecule has 1 aliphatic rings. The third-order valence-corrected chi connectivity index (χ3v) is 5.41. The fourth-order valence-corrected chi connectivity index (χ4v) is 3.85. The molecule has 1 fully saturated rings. The van der Waals surface area contributed by atoms with Gasteiger partial charge < -0.3 is 4.90 Å². The number of carbonyl (C=O) groups excluding carboxylic acids is 2. The first kappa shape index (κ1) is 16.8. The predicted octanol–water partition coefficient (Wildman–Crippen LogP) is 3.06. The molecule has 1 aliphatic heterocycles. The molecule has 1 saturated heterocycles. The summed E-state index contributed by atoms with van der Waals surface area (Å²) in [7, 11) is 0. The Morgan fingerprint density at radius 1 is 1.38 bits per heavy atom. The fraction of sp³-hybridized carbons (Fsp3) is 0.389. The minimum absolute atomic E-state index is 0.0229. The number of para-hydroxylation sites is 1. The van der Waals surface area contributed by atoms with Gasteiger partial charge in [-0.3, -0.25) is 9.59 Å². The lowest BCUT2D eigenvalue weighted by molar-refractivity contribution is -0.129. The lowest BCUT2D eigenvalue weighted by Gasteiger charge is -2.27. The number of carbonyl (C=O) groups is 2. The Labute approximate surface area is 146 Å². The summed E-state index contributed by atoms with van der Waals surface area (Å²) in [6, 6.07) is 9.89. The molecular weight excluding hydrogens is 322 g/mol. The van der Waals surface area contributed by atoms with Crippen molar-refractivity contribution in [2.24, 2.45) is 5.92 Å². The molecule has 0 aliphatic carbocycles. The molecule has 3 rings (SSSR count). The van der Waals surface area contributed by atoms with Crippen LogP contribution in [-0.2, 0) is 9.59 Å². The summed E-state index contributed by atoms with van der Waals surface area (Å²) in [5.74, 6) is 1.11. The van der Waals surface area contributed by atoms with Crippen LogP contribution >= 0.6 is 11.8 Å². The molecule has 0 radical (unpaired) electrons. The Hall–Kier alpha value is -2.08. The molecule has 0 spiro atoms. The van der Waals surface area contributed by atoms with Crippen molar-refractivity contribution in [3.05, 3.63) is 48.3 Å². The molecule has 2 atom stereocenters. The van der Waals surface area contributed by atoms with Crippen LogP contribution in [0.15, 0.2) is 42.7 Å². The zero-order valence-corrected chi connectivity index (χ0v) is 14.7. The van der Waals surface area contributed by atoms with Crippen molar-refractivity contribution in [2.45, 2.75) is 26.3 Å². The smallest absolute Gasteiger partial charge is 0.223 e. The minimum atomic E-state index is -0.0229. The summed E-state index contributed by atoms with van der Waals surface area (Å²) >= 11 is 1.31. The van der Waals surface area contributed by atoms with Crippen molar-refractivity contribution in [3.8, 4) is 5.69 Å². The number of rotatable bonds is 5. The van der Waals surface area contributed by atoms with Gasteiger partial charge in [-0.05, 0) is 25.0 Å². The van der Waals surface area contributed by atoms with E-state index in [4.69, 9.17) is 0 Å². The molecule has 0 saturated carbocycles. The van der Waals surface area contributed by atoms with Crippen molar-refractivity contribution in [1.29, 1.82) is 0 Å². The Morgan fingerprint density at radius 3 is 2.88 bits per heavy atom. The molecule has 2 heterocycles. The maximum atomic E-state index is 12.5. The second-order valence-electron chi connectivity index (χ2n) is 6.10. The van der Waals surface area contributed by atoms with Crippen LogP contribution in [0.1, 0.15) is 31.9 Å². The molecule has 2 unspecified atom stereocenters. The Morgan fingerprint density at radius 2 is 2.17 bits per heavy atom. The largest absolute Gasteiger partial charge is 0.336 e. The van der Waals surface area contributed by atoms with Gasteiger partial charge in [-0.2, -0.15) is 5.10 Å². The van der Waals surface area contributed by atoms with Crippen molar-refractivity contribution in [3.63, 3.8) is 0 Å². The first-order valence-corrected chi connectivity index (χ1v) is 9.06. The van der Waals surface area contributed by atoms with Gasteiger partial charge in [0.1, 0.15) is 0 Å². The van der Waals surface area contributed by atoms with Crippen molar-refractivity contribution in [1.82, 2.24) is 14.7 Å². The van der Waals surface area contributed by atoms with E-state index in [2.05, 4.69) is 12.0 Å². The molecule has 0 bridgehead atoms. The number of nitrogens with zero attached hydrogens (tertiary/aromatic N) is 3. The van der Waals surface area contributed by atoms with Gasteiger partial charge >= 0.3 is 0 Å². The molecule has 24 heavy (non-hydrogen) atoms. The molecular formula is C18H21N3O2S. The monoisotopic (exact) mass is 343 g/mol. The van der Waals surface area contributed by atoms with Gasteiger partial charge in [0.25, 0.3) is 0 Å². The van der Waals surface area contributed by atoms with Gasteiger partial charge in [0.15, 0.2) is 5.12 Å². The topological polar surface area (TPSA) is 55.2 Å². The third kappa shape index (κ3) is 3.53. The highest BCUT2D eigenvalue weighted by Crippen LogP contribution is 2.32. The minimum Gasteiger partial charge on any atom is -0.336 e. The van der Waals surface area contributed by atoms with Crippen LogP contribution in [0.3, 0.4) is 0 Å². The average Bonchev–Trinajstić information content (AvgIpc) is 3.22. The summed E-state index contributed by atoms with van der Waals surface area (Å²) in [5.41, 5.74) is 2.07. The van der Waals surface area contributed by atoms with Gasteiger partial charge in [0.2, 0.25) is 5.91 Å². The molecule has 1 amide bonds. The van der Waals surface area contributed by atoms with Crippen LogP contribution in [0.25, 0.3) is 5.69 Å². The van der Waals surface area contributed by atoms with E-state index in [0.29, 0.717) is 18.7 Å². The maximum Gasteiger partial charge on any atom is 0.223 e. The van der Waals surface area contributed by atoms with E-state index in [1.165, 1.54) is 11.8 Å². The third-order valence-electron chi connectivity index (χ3n) is 4.37. The Kier molecular flexibility index (Phi) is 5.04. The number of aromatic nitrogens is 2. The highest BCUT2D eigenvalue weighted by Gasteiger charge is 2.34. The van der Waals surface area contributed by atoms with Gasteiger partial charge in [-0.1, -0.05) is 30.0 Å². The standard InChI is InChI=1S/C18H21N3O2S/c1-13(20-11-15(10-18(20)23)12-24-14(2)22)16-6-3-4-7-17(16)21-9-5-8-19-21/h3-9,13,15H,10-12H2,1-2H3. The van der Waals surface area contributed by atoms with Crippen LogP contribution in [0.4, 0.5) is 0 Å². The number of likely N-dealkylation sites (tertiary alicyclic amines) is 1. The van der Waals surface area contributed by atoms with E-state index < -0.39 is 0 Å². The van der Waals surface area contributed by atoms with Crippen LogP contribution in [0.2, 0.25) is 0 Å². The molecule has 126 valence electrons. The zero-order valence-electron chi connectivity index (χ0n) is 13.9. The molecule has 6 heteroatoms. The van der Waals surface area contributed by atoms with E-state index in [9.17, 15) is 9.59 Å². The van der Waals surface area contributed by atoms with Crippen LogP contribution in [-0.4, -0.2) is 38.0 Å². The fourth-order valence-electron chi connectivity index (χ4n) is 3.16. The second-order valence-corrected chi connectivity index (χ2v) is 7.30. The number of benzene rings is 1. The summed E-state index contributed by atoms with van der Waals surface area (Å²) in [4.78, 5) is 25.5. The predicted molar refractivity (Wildman–Crippen MR) is 94.9 cm³/mol. The summed E-state index contributed by atoms with van der Waals surface area (Å²) in [6.45, 7) is 4.33. The van der Waals surface area contributed by atoms with E-state index >= 15 is 0 Å². The van der Waals surface area contributed by atoms with Crippen LogP contribution < -0.4 is 0 Å². The highest BCUT2D eigenvalue weighted by atomic mass is 32.2. The molecule has 1 aromatic heterocycles. The normalized spacial score (nSPS) is 18.8. The van der Waals surface area contributed by atoms with Gasteiger partial charge in [-0.15, -0.1) is 0 Å². The number of thioether (sulfide) groups is 1. The average molecular weight is 343 g/mol. The zero-order chi connectivity index (χ0) is 17.1. The lowest BCUT2D eigenvalue weighted by Crippen LogP contribution is -2.29.